The maximum Gasteiger partial charge on any atom is 0.350 e. The number of pyridine rings is 1. The zero-order valence-electron chi connectivity index (χ0n) is 22.2. The van der Waals surface area contributed by atoms with E-state index in [1.54, 1.807) is 39.5 Å². The topological polar surface area (TPSA) is 71.0 Å². The molecular weight excluding hydrogens is 547 g/mol. The second kappa shape index (κ2) is 10.4. The molecule has 1 fully saturated rings. The molecule has 1 aliphatic rings. The van der Waals surface area contributed by atoms with Crippen molar-refractivity contribution >= 4 is 34.0 Å². The Hall–Kier alpha value is -3.65. The summed E-state index contributed by atoms with van der Waals surface area (Å²) in [5, 5.41) is 6.75. The summed E-state index contributed by atoms with van der Waals surface area (Å²) in [6.07, 6.45) is 3.84. The van der Waals surface area contributed by atoms with Crippen LogP contribution in [0.15, 0.2) is 82.5 Å². The maximum atomic E-state index is 13.7. The Morgan fingerprint density at radius 3 is 2.33 bits per heavy atom. The Bertz CT molecular complexity index is 1830. The zero-order valence-corrected chi connectivity index (χ0v) is 23.7. The SMILES string of the molecule is CCn1c(COCc2ccccc2)nn(-c2ccc3c(=O)n(-c4c(Cl)cccc4Cl)cc(C4(C)CC4)c3c2)c1=O. The van der Waals surface area contributed by atoms with Crippen LogP contribution in [0.25, 0.3) is 22.1 Å². The van der Waals surface area contributed by atoms with Gasteiger partial charge in [0.15, 0.2) is 5.82 Å². The summed E-state index contributed by atoms with van der Waals surface area (Å²) in [6.45, 7) is 5.17. The van der Waals surface area contributed by atoms with E-state index in [-0.39, 0.29) is 23.3 Å². The molecule has 2 aromatic heterocycles. The zero-order chi connectivity index (χ0) is 28.0. The van der Waals surface area contributed by atoms with Gasteiger partial charge in [-0.05, 0) is 72.0 Å². The number of nitrogens with zero attached hydrogens (tertiary/aromatic N) is 4. The van der Waals surface area contributed by atoms with Crippen molar-refractivity contribution in [2.75, 3.05) is 0 Å². The molecule has 3 aromatic carbocycles. The first kappa shape index (κ1) is 26.6. The molecule has 0 spiro atoms. The molecule has 2 heterocycles. The quantitative estimate of drug-likeness (QED) is 0.214. The maximum absolute atomic E-state index is 13.7. The minimum Gasteiger partial charge on any atom is -0.369 e. The Labute approximate surface area is 241 Å². The summed E-state index contributed by atoms with van der Waals surface area (Å²) < 4.78 is 10.4. The Kier molecular flexibility index (Phi) is 6.90. The van der Waals surface area contributed by atoms with Crippen LogP contribution >= 0.6 is 23.2 Å². The van der Waals surface area contributed by atoms with Crippen LogP contribution in [0.3, 0.4) is 0 Å². The molecule has 0 N–H and O–H groups in total. The minimum atomic E-state index is -0.254. The van der Waals surface area contributed by atoms with E-state index in [9.17, 15) is 9.59 Å². The van der Waals surface area contributed by atoms with Gasteiger partial charge >= 0.3 is 5.69 Å². The minimum absolute atomic E-state index is 0.0930. The Morgan fingerprint density at radius 1 is 0.925 bits per heavy atom. The molecule has 0 atom stereocenters. The number of hydrogen-bond donors (Lipinski definition) is 0. The van der Waals surface area contributed by atoms with Gasteiger partial charge in [0.25, 0.3) is 5.56 Å². The highest BCUT2D eigenvalue weighted by Gasteiger charge is 2.41. The predicted molar refractivity (Wildman–Crippen MR) is 158 cm³/mol. The van der Waals surface area contributed by atoms with Gasteiger partial charge in [0.1, 0.15) is 6.61 Å². The largest absolute Gasteiger partial charge is 0.369 e. The van der Waals surface area contributed by atoms with Crippen molar-refractivity contribution in [3.05, 3.63) is 121 Å². The molecule has 0 aliphatic heterocycles. The van der Waals surface area contributed by atoms with Crippen LogP contribution < -0.4 is 11.2 Å². The molecule has 40 heavy (non-hydrogen) atoms. The number of ether oxygens (including phenoxy) is 1. The number of hydrogen-bond acceptors (Lipinski definition) is 4. The molecule has 204 valence electrons. The third-order valence-electron chi connectivity index (χ3n) is 7.67. The average Bonchev–Trinajstić information content (AvgIpc) is 3.62. The molecule has 0 saturated heterocycles. The van der Waals surface area contributed by atoms with E-state index in [0.717, 1.165) is 29.4 Å². The highest BCUT2D eigenvalue weighted by Crippen LogP contribution is 2.49. The van der Waals surface area contributed by atoms with Crippen molar-refractivity contribution < 1.29 is 4.74 Å². The van der Waals surface area contributed by atoms with Crippen molar-refractivity contribution in [2.24, 2.45) is 0 Å². The van der Waals surface area contributed by atoms with E-state index in [0.29, 0.717) is 45.8 Å². The lowest BCUT2D eigenvalue weighted by molar-refractivity contribution is 0.0989. The van der Waals surface area contributed by atoms with Crippen LogP contribution in [0.1, 0.15) is 43.6 Å². The fraction of sp³-hybridized carbons (Fsp3) is 0.258. The van der Waals surface area contributed by atoms with Gasteiger partial charge in [-0.3, -0.25) is 13.9 Å². The van der Waals surface area contributed by atoms with Crippen LogP contribution in [0, 0.1) is 0 Å². The molecular formula is C31H28Cl2N4O3. The van der Waals surface area contributed by atoms with Crippen LogP contribution in [-0.4, -0.2) is 18.9 Å². The first-order chi connectivity index (χ1) is 19.3. The van der Waals surface area contributed by atoms with Gasteiger partial charge in [0.05, 0.1) is 28.0 Å². The lowest BCUT2D eigenvalue weighted by Gasteiger charge is -2.18. The number of benzene rings is 3. The van der Waals surface area contributed by atoms with Gasteiger partial charge < -0.3 is 4.74 Å². The van der Waals surface area contributed by atoms with E-state index < -0.39 is 0 Å². The van der Waals surface area contributed by atoms with E-state index in [1.807, 2.05) is 49.5 Å². The van der Waals surface area contributed by atoms with Gasteiger partial charge in [0, 0.05) is 18.1 Å². The van der Waals surface area contributed by atoms with Crippen LogP contribution in [0.5, 0.6) is 0 Å². The van der Waals surface area contributed by atoms with Crippen molar-refractivity contribution in [2.45, 2.75) is 51.9 Å². The number of aromatic nitrogens is 4. The highest BCUT2D eigenvalue weighted by atomic mass is 35.5. The van der Waals surface area contributed by atoms with Gasteiger partial charge in [-0.25, -0.2) is 4.79 Å². The summed E-state index contributed by atoms with van der Waals surface area (Å²) in [5.41, 5.74) is 2.53. The Balaban J connectivity index is 1.44. The van der Waals surface area contributed by atoms with E-state index in [4.69, 9.17) is 27.9 Å². The van der Waals surface area contributed by atoms with Gasteiger partial charge in [-0.1, -0.05) is 66.5 Å². The highest BCUT2D eigenvalue weighted by molar-refractivity contribution is 6.37. The summed E-state index contributed by atoms with van der Waals surface area (Å²) in [7, 11) is 0. The Morgan fingerprint density at radius 2 is 1.65 bits per heavy atom. The number of rotatable bonds is 8. The molecule has 0 unspecified atom stereocenters. The molecule has 0 amide bonds. The lowest BCUT2D eigenvalue weighted by Crippen LogP contribution is -2.24. The fourth-order valence-electron chi connectivity index (χ4n) is 5.15. The summed E-state index contributed by atoms with van der Waals surface area (Å²) in [6, 6.07) is 20.5. The third-order valence-corrected chi connectivity index (χ3v) is 8.28. The lowest BCUT2D eigenvalue weighted by atomic mass is 9.94. The number of para-hydroxylation sites is 1. The van der Waals surface area contributed by atoms with E-state index in [2.05, 4.69) is 12.0 Å². The summed E-state index contributed by atoms with van der Waals surface area (Å²) in [5.74, 6) is 0.543. The van der Waals surface area contributed by atoms with Gasteiger partial charge in [-0.15, -0.1) is 5.10 Å². The van der Waals surface area contributed by atoms with Crippen molar-refractivity contribution in [1.82, 2.24) is 18.9 Å². The van der Waals surface area contributed by atoms with E-state index in [1.165, 1.54) is 4.68 Å². The second-order valence-electron chi connectivity index (χ2n) is 10.4. The summed E-state index contributed by atoms with van der Waals surface area (Å²) in [4.78, 5) is 27.1. The average molecular weight is 575 g/mol. The van der Waals surface area contributed by atoms with Crippen LogP contribution in [0.4, 0.5) is 0 Å². The molecule has 5 aromatic rings. The fourth-order valence-corrected chi connectivity index (χ4v) is 5.73. The van der Waals surface area contributed by atoms with Crippen molar-refractivity contribution in [3.63, 3.8) is 0 Å². The monoisotopic (exact) mass is 574 g/mol. The molecule has 1 aliphatic carbocycles. The summed E-state index contributed by atoms with van der Waals surface area (Å²) >= 11 is 13.0. The molecule has 0 radical (unpaired) electrons. The van der Waals surface area contributed by atoms with Gasteiger partial charge in [0.2, 0.25) is 0 Å². The predicted octanol–water partition coefficient (Wildman–Crippen LogP) is 6.43. The van der Waals surface area contributed by atoms with Gasteiger partial charge in [-0.2, -0.15) is 4.68 Å². The molecule has 7 nitrogen and oxygen atoms in total. The van der Waals surface area contributed by atoms with Crippen molar-refractivity contribution in [1.29, 1.82) is 0 Å². The third kappa shape index (κ3) is 4.68. The normalized spacial score (nSPS) is 14.1. The van der Waals surface area contributed by atoms with Crippen molar-refractivity contribution in [3.8, 4) is 11.4 Å². The molecule has 1 saturated carbocycles. The molecule has 6 rings (SSSR count). The smallest absolute Gasteiger partial charge is 0.350 e. The van der Waals surface area contributed by atoms with Crippen LogP contribution in [0.2, 0.25) is 10.0 Å². The molecule has 0 bridgehead atoms. The first-order valence-corrected chi connectivity index (χ1v) is 14.0. The molecule has 9 heteroatoms. The van der Waals surface area contributed by atoms with E-state index >= 15 is 0 Å². The number of halogens is 2. The second-order valence-corrected chi connectivity index (χ2v) is 11.2. The first-order valence-electron chi connectivity index (χ1n) is 13.3. The standard InChI is InChI=1S/C31H28Cl2N4O3/c1-3-35-27(19-40-18-20-8-5-4-6-9-20)34-37(30(35)39)21-12-13-22-23(16-21)24(31(2)14-15-31)17-36(29(22)38)28-25(32)10-7-11-26(28)33/h4-13,16-17H,3,14-15,18-19H2,1-2H3. The number of fused-ring (bicyclic) bond motifs is 1. The van der Waals surface area contributed by atoms with Crippen LogP contribution in [-0.2, 0) is 29.9 Å².